The minimum Gasteiger partial charge on any atom is -0.316 e. The molecule has 2 nitrogen and oxygen atoms in total. The average molecular weight is 208 g/mol. The highest BCUT2D eigenvalue weighted by molar-refractivity contribution is 5.05. The van der Waals surface area contributed by atoms with E-state index >= 15 is 0 Å². The lowest BCUT2D eigenvalue weighted by atomic mass is 9.96. The maximum absolute atomic E-state index is 3.74. The first-order valence-electron chi connectivity index (χ1n) is 6.72. The van der Waals surface area contributed by atoms with Crippen molar-refractivity contribution < 1.29 is 0 Å². The molecule has 15 heavy (non-hydrogen) atoms. The third kappa shape index (κ3) is 2.07. The zero-order valence-electron chi connectivity index (χ0n) is 9.89. The van der Waals surface area contributed by atoms with E-state index in [9.17, 15) is 0 Å². The molecule has 0 bridgehead atoms. The first-order valence-corrected chi connectivity index (χ1v) is 6.72. The van der Waals surface area contributed by atoms with Crippen molar-refractivity contribution in [1.29, 1.82) is 0 Å². The molecule has 0 aromatic carbocycles. The van der Waals surface area contributed by atoms with E-state index in [-0.39, 0.29) is 0 Å². The zero-order valence-corrected chi connectivity index (χ0v) is 9.89. The zero-order chi connectivity index (χ0) is 10.3. The molecule has 2 aliphatic carbocycles. The Kier molecular flexibility index (Phi) is 2.52. The molecule has 2 N–H and O–H groups in total. The van der Waals surface area contributed by atoms with E-state index in [1.807, 2.05) is 0 Å². The van der Waals surface area contributed by atoms with Crippen LogP contribution in [0.2, 0.25) is 0 Å². The standard InChI is InChI=1S/C13H24N2/c1-10-6-14-7-11(10)8-15-9-13(4-5-13)12-2-3-12/h10-12,14-15H,2-9H2,1H3/t10-,11+/m1/s1. The topological polar surface area (TPSA) is 24.1 Å². The molecule has 1 aliphatic heterocycles. The number of nitrogens with one attached hydrogen (secondary N) is 2. The molecule has 3 rings (SSSR count). The molecular formula is C13H24N2. The highest BCUT2D eigenvalue weighted by Crippen LogP contribution is 2.60. The molecule has 0 unspecified atom stereocenters. The molecule has 3 aliphatic rings. The van der Waals surface area contributed by atoms with Crippen molar-refractivity contribution in [2.45, 2.75) is 32.6 Å². The van der Waals surface area contributed by atoms with Gasteiger partial charge in [0.05, 0.1) is 0 Å². The van der Waals surface area contributed by atoms with Crippen LogP contribution in [0.1, 0.15) is 32.6 Å². The molecule has 0 amide bonds. The van der Waals surface area contributed by atoms with Crippen LogP contribution in [0.4, 0.5) is 0 Å². The van der Waals surface area contributed by atoms with Gasteiger partial charge in [-0.05, 0) is 68.5 Å². The molecule has 1 saturated heterocycles. The van der Waals surface area contributed by atoms with Gasteiger partial charge in [0.15, 0.2) is 0 Å². The summed E-state index contributed by atoms with van der Waals surface area (Å²) in [6.45, 7) is 7.37. The van der Waals surface area contributed by atoms with Crippen molar-refractivity contribution >= 4 is 0 Å². The molecule has 2 atom stereocenters. The Morgan fingerprint density at radius 3 is 2.60 bits per heavy atom. The average Bonchev–Trinajstić information content (AvgIpc) is 3.10. The van der Waals surface area contributed by atoms with Crippen LogP contribution in [0, 0.1) is 23.2 Å². The SMILES string of the molecule is C[C@@H]1CNC[C@H]1CNCC1(C2CC2)CC1. The minimum absolute atomic E-state index is 0.773. The predicted molar refractivity (Wildman–Crippen MR) is 62.8 cm³/mol. The van der Waals surface area contributed by atoms with Gasteiger partial charge in [-0.2, -0.15) is 0 Å². The van der Waals surface area contributed by atoms with Crippen LogP contribution in [0.3, 0.4) is 0 Å². The van der Waals surface area contributed by atoms with Gasteiger partial charge in [0.1, 0.15) is 0 Å². The largest absolute Gasteiger partial charge is 0.316 e. The van der Waals surface area contributed by atoms with Crippen molar-refractivity contribution in [2.75, 3.05) is 26.2 Å². The van der Waals surface area contributed by atoms with Gasteiger partial charge in [0.25, 0.3) is 0 Å². The third-order valence-corrected chi connectivity index (χ3v) is 4.90. The van der Waals surface area contributed by atoms with E-state index in [1.54, 1.807) is 0 Å². The van der Waals surface area contributed by atoms with Crippen LogP contribution in [0.15, 0.2) is 0 Å². The molecule has 2 heteroatoms. The van der Waals surface area contributed by atoms with Gasteiger partial charge in [-0.15, -0.1) is 0 Å². The summed E-state index contributed by atoms with van der Waals surface area (Å²) in [7, 11) is 0. The van der Waals surface area contributed by atoms with Crippen LogP contribution >= 0.6 is 0 Å². The second-order valence-electron chi connectivity index (χ2n) is 6.16. The summed E-state index contributed by atoms with van der Waals surface area (Å²) >= 11 is 0. The molecular weight excluding hydrogens is 184 g/mol. The maximum Gasteiger partial charge on any atom is 0.00106 e. The molecule has 3 fully saturated rings. The lowest BCUT2D eigenvalue weighted by molar-refractivity contribution is 0.360. The quantitative estimate of drug-likeness (QED) is 0.717. The molecule has 86 valence electrons. The highest BCUT2D eigenvalue weighted by atomic mass is 15.0. The first-order chi connectivity index (χ1) is 7.30. The van der Waals surface area contributed by atoms with Gasteiger partial charge < -0.3 is 10.6 Å². The summed E-state index contributed by atoms with van der Waals surface area (Å²) in [5, 5.41) is 7.22. The van der Waals surface area contributed by atoms with Crippen molar-refractivity contribution in [2.24, 2.45) is 23.2 Å². The smallest absolute Gasteiger partial charge is 0.00106 e. The van der Waals surface area contributed by atoms with E-state index < -0.39 is 0 Å². The van der Waals surface area contributed by atoms with E-state index in [4.69, 9.17) is 0 Å². The van der Waals surface area contributed by atoms with Crippen molar-refractivity contribution in [3.63, 3.8) is 0 Å². The van der Waals surface area contributed by atoms with E-state index in [0.717, 1.165) is 23.2 Å². The Balaban J connectivity index is 1.39. The fourth-order valence-corrected chi connectivity index (χ4v) is 3.23. The minimum atomic E-state index is 0.773. The summed E-state index contributed by atoms with van der Waals surface area (Å²) in [6, 6.07) is 0. The number of hydrogen-bond donors (Lipinski definition) is 2. The highest BCUT2D eigenvalue weighted by Gasteiger charge is 2.53. The van der Waals surface area contributed by atoms with E-state index in [2.05, 4.69) is 17.6 Å². The molecule has 0 spiro atoms. The molecule has 0 aromatic rings. The Morgan fingerprint density at radius 2 is 2.07 bits per heavy atom. The van der Waals surface area contributed by atoms with E-state index in [1.165, 1.54) is 51.9 Å². The van der Waals surface area contributed by atoms with Crippen LogP contribution in [0.5, 0.6) is 0 Å². The lowest BCUT2D eigenvalue weighted by Gasteiger charge is -2.19. The number of rotatable bonds is 5. The summed E-state index contributed by atoms with van der Waals surface area (Å²) in [4.78, 5) is 0. The van der Waals surface area contributed by atoms with Crippen LogP contribution in [-0.2, 0) is 0 Å². The van der Waals surface area contributed by atoms with Crippen LogP contribution in [0.25, 0.3) is 0 Å². The van der Waals surface area contributed by atoms with Gasteiger partial charge in [0.2, 0.25) is 0 Å². The van der Waals surface area contributed by atoms with Crippen molar-refractivity contribution in [3.05, 3.63) is 0 Å². The van der Waals surface area contributed by atoms with Crippen LogP contribution in [-0.4, -0.2) is 26.2 Å². The second kappa shape index (κ2) is 3.74. The molecule has 0 radical (unpaired) electrons. The fourth-order valence-electron chi connectivity index (χ4n) is 3.23. The van der Waals surface area contributed by atoms with Gasteiger partial charge in [-0.25, -0.2) is 0 Å². The predicted octanol–water partition coefficient (Wildman–Crippen LogP) is 1.62. The normalized spacial score (nSPS) is 38.2. The second-order valence-corrected chi connectivity index (χ2v) is 6.16. The van der Waals surface area contributed by atoms with Crippen LogP contribution < -0.4 is 10.6 Å². The summed E-state index contributed by atoms with van der Waals surface area (Å²) in [5.41, 5.74) is 0.773. The lowest BCUT2D eigenvalue weighted by Crippen LogP contribution is -2.32. The molecule has 1 heterocycles. The Bertz CT molecular complexity index is 231. The van der Waals surface area contributed by atoms with Gasteiger partial charge in [-0.1, -0.05) is 6.92 Å². The Labute approximate surface area is 93.2 Å². The molecule has 0 aromatic heterocycles. The molecule has 2 saturated carbocycles. The monoisotopic (exact) mass is 208 g/mol. The Hall–Kier alpha value is -0.0800. The maximum atomic E-state index is 3.74. The van der Waals surface area contributed by atoms with Gasteiger partial charge in [0, 0.05) is 6.54 Å². The van der Waals surface area contributed by atoms with Gasteiger partial charge >= 0.3 is 0 Å². The number of hydrogen-bond acceptors (Lipinski definition) is 2. The van der Waals surface area contributed by atoms with Crippen molar-refractivity contribution in [3.8, 4) is 0 Å². The van der Waals surface area contributed by atoms with Crippen molar-refractivity contribution in [1.82, 2.24) is 10.6 Å². The fraction of sp³-hybridized carbons (Fsp3) is 1.00. The first kappa shape index (κ1) is 10.1. The summed E-state index contributed by atoms with van der Waals surface area (Å²) in [6.07, 6.45) is 6.04. The third-order valence-electron chi connectivity index (χ3n) is 4.90. The summed E-state index contributed by atoms with van der Waals surface area (Å²) in [5.74, 6) is 2.85. The van der Waals surface area contributed by atoms with Gasteiger partial charge in [-0.3, -0.25) is 0 Å². The van der Waals surface area contributed by atoms with E-state index in [0.29, 0.717) is 0 Å². The summed E-state index contributed by atoms with van der Waals surface area (Å²) < 4.78 is 0. The Morgan fingerprint density at radius 1 is 1.27 bits per heavy atom.